The number of nitrogens with one attached hydrogen (secondary N) is 2. The van der Waals surface area contributed by atoms with E-state index in [2.05, 4.69) is 41.8 Å². The van der Waals surface area contributed by atoms with Gasteiger partial charge in [0, 0.05) is 13.1 Å². The number of carbonyl (C=O) groups excluding carboxylic acids is 1. The predicted octanol–water partition coefficient (Wildman–Crippen LogP) is 2.78. The molecule has 2 aromatic carbocycles. The van der Waals surface area contributed by atoms with Crippen LogP contribution in [0.25, 0.3) is 0 Å². The van der Waals surface area contributed by atoms with E-state index >= 15 is 0 Å². The molecule has 0 atom stereocenters. The first-order chi connectivity index (χ1) is 11.6. The SMILES string of the molecule is CC1(CNC(=O)NCc2ccccc2CO)Cc2ccccc2C1. The highest BCUT2D eigenvalue weighted by atomic mass is 16.3. The van der Waals surface area contributed by atoms with E-state index in [1.54, 1.807) is 0 Å². The van der Waals surface area contributed by atoms with Crippen LogP contribution in [0.2, 0.25) is 0 Å². The van der Waals surface area contributed by atoms with Gasteiger partial charge in [-0.2, -0.15) is 0 Å². The Morgan fingerprint density at radius 3 is 2.21 bits per heavy atom. The molecule has 1 aliphatic rings. The lowest BCUT2D eigenvalue weighted by molar-refractivity contribution is 0.231. The Labute approximate surface area is 142 Å². The van der Waals surface area contributed by atoms with Crippen molar-refractivity contribution in [3.05, 3.63) is 70.8 Å². The molecule has 0 fully saturated rings. The van der Waals surface area contributed by atoms with Gasteiger partial charge in [0.25, 0.3) is 0 Å². The third-order valence-electron chi connectivity index (χ3n) is 4.76. The van der Waals surface area contributed by atoms with Crippen LogP contribution in [-0.4, -0.2) is 17.7 Å². The van der Waals surface area contributed by atoms with Gasteiger partial charge < -0.3 is 15.7 Å². The zero-order chi connectivity index (χ0) is 17.0. The van der Waals surface area contributed by atoms with E-state index in [0.29, 0.717) is 13.1 Å². The smallest absolute Gasteiger partial charge is 0.315 e. The van der Waals surface area contributed by atoms with Gasteiger partial charge in [0.2, 0.25) is 0 Å². The molecule has 0 spiro atoms. The number of benzene rings is 2. The van der Waals surface area contributed by atoms with Crippen molar-refractivity contribution >= 4 is 6.03 Å². The normalized spacial score (nSPS) is 14.9. The number of urea groups is 1. The lowest BCUT2D eigenvalue weighted by atomic mass is 9.87. The van der Waals surface area contributed by atoms with Gasteiger partial charge in [-0.25, -0.2) is 4.79 Å². The first kappa shape index (κ1) is 16.5. The van der Waals surface area contributed by atoms with Gasteiger partial charge >= 0.3 is 6.03 Å². The number of fused-ring (bicyclic) bond motifs is 1. The number of rotatable bonds is 5. The van der Waals surface area contributed by atoms with Crippen LogP contribution in [0.4, 0.5) is 4.79 Å². The molecule has 3 N–H and O–H groups in total. The van der Waals surface area contributed by atoms with E-state index in [1.165, 1.54) is 11.1 Å². The summed E-state index contributed by atoms with van der Waals surface area (Å²) in [6.45, 7) is 3.26. The van der Waals surface area contributed by atoms with Crippen LogP contribution in [-0.2, 0) is 26.0 Å². The minimum absolute atomic E-state index is 0.0181. The average Bonchev–Trinajstić information content (AvgIpc) is 2.95. The summed E-state index contributed by atoms with van der Waals surface area (Å²) in [4.78, 5) is 12.1. The quantitative estimate of drug-likeness (QED) is 0.792. The number of carbonyl (C=O) groups is 1. The minimum Gasteiger partial charge on any atom is -0.392 e. The molecule has 24 heavy (non-hydrogen) atoms. The minimum atomic E-state index is -0.167. The number of amides is 2. The molecule has 0 radical (unpaired) electrons. The first-order valence-electron chi connectivity index (χ1n) is 8.36. The van der Waals surface area contributed by atoms with E-state index in [9.17, 15) is 9.90 Å². The third-order valence-corrected chi connectivity index (χ3v) is 4.76. The lowest BCUT2D eigenvalue weighted by Gasteiger charge is -2.24. The standard InChI is InChI=1S/C20H24N2O2/c1-20(10-15-6-2-3-7-16(15)11-20)14-22-19(24)21-12-17-8-4-5-9-18(17)13-23/h2-9,23H,10-14H2,1H3,(H2,21,22,24). The summed E-state index contributed by atoms with van der Waals surface area (Å²) < 4.78 is 0. The van der Waals surface area contributed by atoms with Gasteiger partial charge in [-0.15, -0.1) is 0 Å². The molecule has 4 nitrogen and oxygen atoms in total. The second-order valence-electron chi connectivity index (χ2n) is 6.90. The van der Waals surface area contributed by atoms with Crippen LogP contribution < -0.4 is 10.6 Å². The topological polar surface area (TPSA) is 61.4 Å². The zero-order valence-corrected chi connectivity index (χ0v) is 14.0. The molecule has 4 heteroatoms. The van der Waals surface area contributed by atoms with Crippen molar-refractivity contribution in [2.75, 3.05) is 6.54 Å². The van der Waals surface area contributed by atoms with E-state index < -0.39 is 0 Å². The number of hydrogen-bond donors (Lipinski definition) is 3. The summed E-state index contributed by atoms with van der Waals surface area (Å²) in [7, 11) is 0. The second-order valence-corrected chi connectivity index (χ2v) is 6.90. The molecule has 126 valence electrons. The van der Waals surface area contributed by atoms with Crippen molar-refractivity contribution in [3.8, 4) is 0 Å². The molecule has 0 heterocycles. The van der Waals surface area contributed by atoms with Gasteiger partial charge in [-0.05, 0) is 40.5 Å². The fourth-order valence-electron chi connectivity index (χ4n) is 3.43. The van der Waals surface area contributed by atoms with Crippen LogP contribution in [0.5, 0.6) is 0 Å². The molecular weight excluding hydrogens is 300 g/mol. The highest BCUT2D eigenvalue weighted by Gasteiger charge is 2.32. The van der Waals surface area contributed by atoms with Gasteiger partial charge in [-0.1, -0.05) is 55.5 Å². The van der Waals surface area contributed by atoms with E-state index in [4.69, 9.17) is 0 Å². The molecule has 0 saturated carbocycles. The Balaban J connectivity index is 1.50. The maximum Gasteiger partial charge on any atom is 0.315 e. The monoisotopic (exact) mass is 324 g/mol. The van der Waals surface area contributed by atoms with Crippen LogP contribution in [0.1, 0.15) is 29.2 Å². The van der Waals surface area contributed by atoms with Crippen LogP contribution in [0.15, 0.2) is 48.5 Å². The van der Waals surface area contributed by atoms with Gasteiger partial charge in [-0.3, -0.25) is 0 Å². The van der Waals surface area contributed by atoms with E-state index in [-0.39, 0.29) is 18.1 Å². The van der Waals surface area contributed by atoms with E-state index in [0.717, 1.165) is 24.0 Å². The van der Waals surface area contributed by atoms with Crippen LogP contribution >= 0.6 is 0 Å². The van der Waals surface area contributed by atoms with Gasteiger partial charge in [0.05, 0.1) is 6.61 Å². The van der Waals surface area contributed by atoms with Gasteiger partial charge in [0.15, 0.2) is 0 Å². The van der Waals surface area contributed by atoms with Crippen molar-refractivity contribution in [3.63, 3.8) is 0 Å². The summed E-state index contributed by atoms with van der Waals surface area (Å²) in [5.74, 6) is 0. The number of hydrogen-bond acceptors (Lipinski definition) is 2. The Bertz CT molecular complexity index is 702. The molecule has 0 bridgehead atoms. The van der Waals surface area contributed by atoms with Crippen LogP contribution in [0, 0.1) is 5.41 Å². The zero-order valence-electron chi connectivity index (χ0n) is 14.0. The molecule has 0 aliphatic heterocycles. The molecule has 0 aromatic heterocycles. The van der Waals surface area contributed by atoms with Crippen molar-refractivity contribution < 1.29 is 9.90 Å². The molecule has 1 aliphatic carbocycles. The van der Waals surface area contributed by atoms with Crippen LogP contribution in [0.3, 0.4) is 0 Å². The Kier molecular flexibility index (Phi) is 4.86. The van der Waals surface area contributed by atoms with Crippen molar-refractivity contribution in [1.82, 2.24) is 10.6 Å². The molecule has 3 rings (SSSR count). The first-order valence-corrected chi connectivity index (χ1v) is 8.36. The summed E-state index contributed by atoms with van der Waals surface area (Å²) >= 11 is 0. The second kappa shape index (κ2) is 7.05. The van der Waals surface area contributed by atoms with Crippen molar-refractivity contribution in [2.45, 2.75) is 32.9 Å². The van der Waals surface area contributed by atoms with E-state index in [1.807, 2.05) is 24.3 Å². The molecule has 2 amide bonds. The lowest BCUT2D eigenvalue weighted by Crippen LogP contribution is -2.41. The predicted molar refractivity (Wildman–Crippen MR) is 94.6 cm³/mol. The molecular formula is C20H24N2O2. The summed E-state index contributed by atoms with van der Waals surface area (Å²) in [5, 5.41) is 15.2. The number of aliphatic hydroxyl groups excluding tert-OH is 1. The average molecular weight is 324 g/mol. The fraction of sp³-hybridized carbons (Fsp3) is 0.350. The Morgan fingerprint density at radius 2 is 1.58 bits per heavy atom. The van der Waals surface area contributed by atoms with Crippen molar-refractivity contribution in [2.24, 2.45) is 5.41 Å². The highest BCUT2D eigenvalue weighted by molar-refractivity contribution is 5.74. The van der Waals surface area contributed by atoms with Crippen molar-refractivity contribution in [1.29, 1.82) is 0 Å². The maximum absolute atomic E-state index is 12.1. The largest absolute Gasteiger partial charge is 0.392 e. The van der Waals surface area contributed by atoms with Gasteiger partial charge in [0.1, 0.15) is 0 Å². The summed E-state index contributed by atoms with van der Waals surface area (Å²) in [6, 6.07) is 15.9. The Hall–Kier alpha value is -2.33. The third kappa shape index (κ3) is 3.77. The fourth-order valence-corrected chi connectivity index (χ4v) is 3.43. The highest BCUT2D eigenvalue weighted by Crippen LogP contribution is 2.35. The summed E-state index contributed by atoms with van der Waals surface area (Å²) in [6.07, 6.45) is 1.99. The molecule has 0 saturated heterocycles. The molecule has 0 unspecified atom stereocenters. The number of aliphatic hydroxyl groups is 1. The summed E-state index contributed by atoms with van der Waals surface area (Å²) in [5.41, 5.74) is 4.63. The molecule has 2 aromatic rings. The Morgan fingerprint density at radius 1 is 1.00 bits per heavy atom. The maximum atomic E-state index is 12.1.